The third-order valence-electron chi connectivity index (χ3n) is 2.12. The Balaban J connectivity index is 2.65. The average Bonchev–Trinajstić information content (AvgIpc) is 2.36. The standard InChI is InChI=1S/C12H12ClF3N2O2/c1-2-4-10(13)18-20-11(19)17-9-6-3-5-8(7-9)12(14,15)16/h3,5-7H,2,4H2,1H3,(H,17,19)/b18-10-. The molecule has 0 spiro atoms. The number of benzene rings is 1. The van der Waals surface area contributed by atoms with E-state index in [2.05, 4.69) is 15.3 Å². The Kier molecular flexibility index (Phi) is 5.82. The van der Waals surface area contributed by atoms with Gasteiger partial charge in [0.2, 0.25) is 0 Å². The van der Waals surface area contributed by atoms with E-state index in [9.17, 15) is 18.0 Å². The molecule has 1 aromatic carbocycles. The second kappa shape index (κ2) is 7.14. The number of amides is 1. The second-order valence-electron chi connectivity index (χ2n) is 3.80. The molecule has 0 unspecified atom stereocenters. The zero-order valence-electron chi connectivity index (χ0n) is 10.5. The largest absolute Gasteiger partial charge is 0.437 e. The van der Waals surface area contributed by atoms with Gasteiger partial charge in [0, 0.05) is 12.1 Å². The van der Waals surface area contributed by atoms with Gasteiger partial charge in [0.05, 0.1) is 5.56 Å². The van der Waals surface area contributed by atoms with Crippen molar-refractivity contribution < 1.29 is 22.8 Å². The van der Waals surface area contributed by atoms with Gasteiger partial charge in [-0.1, -0.05) is 29.7 Å². The summed E-state index contributed by atoms with van der Waals surface area (Å²) in [4.78, 5) is 15.7. The number of alkyl halides is 3. The molecule has 0 fully saturated rings. The lowest BCUT2D eigenvalue weighted by Crippen LogP contribution is -2.12. The molecule has 110 valence electrons. The number of rotatable bonds is 4. The number of nitrogens with zero attached hydrogens (tertiary/aromatic N) is 1. The van der Waals surface area contributed by atoms with Crippen molar-refractivity contribution in [2.75, 3.05) is 5.32 Å². The molecular formula is C12H12ClF3N2O2. The molecule has 0 saturated heterocycles. The number of halogens is 4. The van der Waals surface area contributed by atoms with Crippen molar-refractivity contribution in [2.24, 2.45) is 5.16 Å². The number of oxime groups is 1. The summed E-state index contributed by atoms with van der Waals surface area (Å²) in [6.07, 6.45) is -4.33. The molecule has 4 nitrogen and oxygen atoms in total. The second-order valence-corrected chi connectivity index (χ2v) is 4.24. The van der Waals surface area contributed by atoms with Crippen molar-refractivity contribution >= 4 is 28.6 Å². The van der Waals surface area contributed by atoms with Gasteiger partial charge in [-0.05, 0) is 24.6 Å². The zero-order valence-corrected chi connectivity index (χ0v) is 11.3. The van der Waals surface area contributed by atoms with Gasteiger partial charge in [0.15, 0.2) is 0 Å². The van der Waals surface area contributed by atoms with Crippen molar-refractivity contribution in [2.45, 2.75) is 25.9 Å². The number of hydrogen-bond donors (Lipinski definition) is 1. The van der Waals surface area contributed by atoms with E-state index in [1.807, 2.05) is 6.92 Å². The van der Waals surface area contributed by atoms with E-state index in [0.29, 0.717) is 6.42 Å². The van der Waals surface area contributed by atoms with Crippen LogP contribution in [0.25, 0.3) is 0 Å². The zero-order chi connectivity index (χ0) is 15.2. The van der Waals surface area contributed by atoms with Crippen LogP contribution in [0.4, 0.5) is 23.7 Å². The van der Waals surface area contributed by atoms with Crippen molar-refractivity contribution in [1.29, 1.82) is 0 Å². The van der Waals surface area contributed by atoms with E-state index < -0.39 is 17.8 Å². The maximum absolute atomic E-state index is 12.5. The van der Waals surface area contributed by atoms with Crippen molar-refractivity contribution in [3.05, 3.63) is 29.8 Å². The van der Waals surface area contributed by atoms with E-state index in [1.54, 1.807) is 0 Å². The number of carbonyl (C=O) groups excluding carboxylic acids is 1. The Bertz CT molecular complexity index is 504. The lowest BCUT2D eigenvalue weighted by atomic mass is 10.2. The van der Waals surface area contributed by atoms with Crippen molar-refractivity contribution in [3.63, 3.8) is 0 Å². The molecule has 0 saturated carbocycles. The first-order valence-corrected chi connectivity index (χ1v) is 6.08. The fourth-order valence-corrected chi connectivity index (χ4v) is 1.48. The molecular weight excluding hydrogens is 297 g/mol. The summed E-state index contributed by atoms with van der Waals surface area (Å²) in [6, 6.07) is 4.16. The first-order chi connectivity index (χ1) is 9.32. The maximum Gasteiger partial charge on any atom is 0.437 e. The molecule has 0 aliphatic rings. The predicted octanol–water partition coefficient (Wildman–Crippen LogP) is 4.61. The highest BCUT2D eigenvalue weighted by Gasteiger charge is 2.30. The smallest absolute Gasteiger partial charge is 0.297 e. The Labute approximate surface area is 118 Å². The summed E-state index contributed by atoms with van der Waals surface area (Å²) in [6.45, 7) is 1.86. The van der Waals surface area contributed by atoms with Crippen LogP contribution < -0.4 is 5.32 Å². The van der Waals surface area contributed by atoms with Crippen molar-refractivity contribution in [3.8, 4) is 0 Å². The third kappa shape index (κ3) is 5.48. The van der Waals surface area contributed by atoms with E-state index in [4.69, 9.17) is 11.6 Å². The SMILES string of the molecule is CCC/C(Cl)=N/OC(=O)Nc1cccc(C(F)(F)F)c1. The van der Waals surface area contributed by atoms with E-state index >= 15 is 0 Å². The normalized spacial score (nSPS) is 12.2. The Morgan fingerprint density at radius 3 is 2.75 bits per heavy atom. The lowest BCUT2D eigenvalue weighted by Gasteiger charge is -2.08. The Morgan fingerprint density at radius 1 is 1.45 bits per heavy atom. The molecule has 0 aliphatic heterocycles. The minimum Gasteiger partial charge on any atom is -0.297 e. The lowest BCUT2D eigenvalue weighted by molar-refractivity contribution is -0.137. The molecule has 0 aliphatic carbocycles. The molecule has 1 rings (SSSR count). The third-order valence-corrected chi connectivity index (χ3v) is 2.38. The van der Waals surface area contributed by atoms with Gasteiger partial charge < -0.3 is 0 Å². The Morgan fingerprint density at radius 2 is 2.15 bits per heavy atom. The van der Waals surface area contributed by atoms with Gasteiger partial charge in [0.1, 0.15) is 5.17 Å². The van der Waals surface area contributed by atoms with Gasteiger partial charge in [-0.3, -0.25) is 10.2 Å². The minimum atomic E-state index is -4.48. The maximum atomic E-state index is 12.5. The van der Waals surface area contributed by atoms with Gasteiger partial charge in [0.25, 0.3) is 0 Å². The first kappa shape index (κ1) is 16.3. The van der Waals surface area contributed by atoms with E-state index in [-0.39, 0.29) is 10.9 Å². The van der Waals surface area contributed by atoms with Gasteiger partial charge in [-0.15, -0.1) is 0 Å². The number of hydrogen-bond acceptors (Lipinski definition) is 3. The molecule has 20 heavy (non-hydrogen) atoms. The topological polar surface area (TPSA) is 50.7 Å². The van der Waals surface area contributed by atoms with Gasteiger partial charge in [-0.25, -0.2) is 4.79 Å². The van der Waals surface area contributed by atoms with Crippen LogP contribution in [0, 0.1) is 0 Å². The highest BCUT2D eigenvalue weighted by Crippen LogP contribution is 2.30. The van der Waals surface area contributed by atoms with Crippen LogP contribution in [-0.2, 0) is 11.0 Å². The van der Waals surface area contributed by atoms with E-state index in [1.165, 1.54) is 12.1 Å². The molecule has 0 bridgehead atoms. The molecule has 0 radical (unpaired) electrons. The van der Waals surface area contributed by atoms with E-state index in [0.717, 1.165) is 18.6 Å². The van der Waals surface area contributed by atoms with Crippen LogP contribution in [0.1, 0.15) is 25.3 Å². The molecule has 0 atom stereocenters. The van der Waals surface area contributed by atoms with Gasteiger partial charge >= 0.3 is 12.3 Å². The van der Waals surface area contributed by atoms with Gasteiger partial charge in [-0.2, -0.15) is 13.2 Å². The fourth-order valence-electron chi connectivity index (χ4n) is 1.26. The number of nitrogens with one attached hydrogen (secondary N) is 1. The molecule has 1 amide bonds. The summed E-state index contributed by atoms with van der Waals surface area (Å²) < 4.78 is 37.4. The van der Waals surface area contributed by atoms with Crippen LogP contribution >= 0.6 is 11.6 Å². The van der Waals surface area contributed by atoms with Crippen LogP contribution in [-0.4, -0.2) is 11.3 Å². The summed E-state index contributed by atoms with van der Waals surface area (Å²) >= 11 is 5.61. The van der Waals surface area contributed by atoms with Crippen LogP contribution in [0.2, 0.25) is 0 Å². The highest BCUT2D eigenvalue weighted by atomic mass is 35.5. The average molecular weight is 309 g/mol. The summed E-state index contributed by atoms with van der Waals surface area (Å²) in [5, 5.41) is 5.56. The highest BCUT2D eigenvalue weighted by molar-refractivity contribution is 6.65. The monoisotopic (exact) mass is 308 g/mol. The van der Waals surface area contributed by atoms with Crippen LogP contribution in [0.5, 0.6) is 0 Å². The summed E-state index contributed by atoms with van der Waals surface area (Å²) in [5.41, 5.74) is -0.922. The molecule has 0 aromatic heterocycles. The minimum absolute atomic E-state index is 0.0494. The molecule has 1 N–H and O–H groups in total. The fraction of sp³-hybridized carbons (Fsp3) is 0.333. The molecule has 0 heterocycles. The molecule has 8 heteroatoms. The Hall–Kier alpha value is -1.76. The number of carbonyl (C=O) groups is 1. The predicted molar refractivity (Wildman–Crippen MR) is 69.7 cm³/mol. The van der Waals surface area contributed by atoms with Crippen LogP contribution in [0.3, 0.4) is 0 Å². The summed E-state index contributed by atoms with van der Waals surface area (Å²) in [7, 11) is 0. The number of anilines is 1. The first-order valence-electron chi connectivity index (χ1n) is 5.70. The quantitative estimate of drug-likeness (QED) is 0.502. The molecule has 1 aromatic rings. The summed E-state index contributed by atoms with van der Waals surface area (Å²) in [5.74, 6) is 0. The van der Waals surface area contributed by atoms with Crippen molar-refractivity contribution in [1.82, 2.24) is 0 Å². The van der Waals surface area contributed by atoms with Crippen LogP contribution in [0.15, 0.2) is 29.4 Å².